The number of benzene rings is 2. The minimum absolute atomic E-state index is 0.335. The van der Waals surface area contributed by atoms with Crippen LogP contribution in [0.2, 0.25) is 0 Å². The number of esters is 1. The Kier molecular flexibility index (Phi) is 6.09. The van der Waals surface area contributed by atoms with Crippen molar-refractivity contribution in [3.63, 3.8) is 0 Å². The van der Waals surface area contributed by atoms with Crippen LogP contribution in [0.5, 0.6) is 0 Å². The maximum Gasteiger partial charge on any atom is 0.338 e. The number of nitrogens with zero attached hydrogens (tertiary/aromatic N) is 1. The van der Waals surface area contributed by atoms with E-state index in [0.717, 1.165) is 16.9 Å². The number of carbonyl (C=O) groups is 1. The van der Waals surface area contributed by atoms with E-state index in [2.05, 4.69) is 10.3 Å². The average Bonchev–Trinajstić information content (AvgIpc) is 2.55. The number of hydrogen-bond acceptors (Lipinski definition) is 4. The Labute approximate surface area is 142 Å². The predicted octanol–water partition coefficient (Wildman–Crippen LogP) is 4.08. The zero-order valence-electron chi connectivity index (χ0n) is 14.1. The first-order valence-electron chi connectivity index (χ1n) is 7.87. The fourth-order valence-corrected chi connectivity index (χ4v) is 2.19. The maximum absolute atomic E-state index is 11.6. The number of rotatable bonds is 5. The number of ether oxygens (including phenoxy) is 1. The van der Waals surface area contributed by atoms with Gasteiger partial charge in [0.15, 0.2) is 0 Å². The number of nitrogens with one attached hydrogen (secondary N) is 1. The van der Waals surface area contributed by atoms with Gasteiger partial charge in [0.05, 0.1) is 24.0 Å². The van der Waals surface area contributed by atoms with Gasteiger partial charge < -0.3 is 15.2 Å². The first-order valence-corrected chi connectivity index (χ1v) is 7.87. The second kappa shape index (κ2) is 8.26. The molecule has 0 aromatic heterocycles. The van der Waals surface area contributed by atoms with E-state index >= 15 is 0 Å². The molecule has 0 aliphatic heterocycles. The third-order valence-electron chi connectivity index (χ3n) is 3.37. The van der Waals surface area contributed by atoms with Crippen molar-refractivity contribution in [2.75, 3.05) is 11.9 Å². The molecule has 0 bridgehead atoms. The van der Waals surface area contributed by atoms with Crippen LogP contribution in [-0.4, -0.2) is 23.5 Å². The van der Waals surface area contributed by atoms with Crippen LogP contribution in [0.15, 0.2) is 53.5 Å². The highest BCUT2D eigenvalue weighted by molar-refractivity contribution is 5.95. The van der Waals surface area contributed by atoms with Crippen molar-refractivity contribution in [2.24, 2.45) is 4.99 Å². The molecule has 2 rings (SSSR count). The van der Waals surface area contributed by atoms with Crippen molar-refractivity contribution in [1.82, 2.24) is 0 Å². The van der Waals surface area contributed by atoms with Crippen molar-refractivity contribution in [3.8, 4) is 0 Å². The molecule has 126 valence electrons. The van der Waals surface area contributed by atoms with E-state index in [0.29, 0.717) is 18.0 Å². The van der Waals surface area contributed by atoms with E-state index in [4.69, 9.17) is 4.74 Å². The lowest BCUT2D eigenvalue weighted by Crippen LogP contribution is -2.07. The van der Waals surface area contributed by atoms with Crippen LogP contribution in [0.4, 0.5) is 11.4 Å². The van der Waals surface area contributed by atoms with Gasteiger partial charge >= 0.3 is 5.97 Å². The molecule has 0 saturated carbocycles. The summed E-state index contributed by atoms with van der Waals surface area (Å²) in [5.41, 5.74) is 2.94. The molecule has 0 spiro atoms. The largest absolute Gasteiger partial charge is 0.462 e. The third-order valence-corrected chi connectivity index (χ3v) is 3.37. The van der Waals surface area contributed by atoms with Crippen molar-refractivity contribution in [2.45, 2.75) is 26.9 Å². The van der Waals surface area contributed by atoms with Gasteiger partial charge in [0, 0.05) is 5.69 Å². The van der Waals surface area contributed by atoms with Gasteiger partial charge in [-0.05, 0) is 62.7 Å². The van der Waals surface area contributed by atoms with Crippen molar-refractivity contribution < 1.29 is 14.6 Å². The highest BCUT2D eigenvalue weighted by Gasteiger charge is 2.06. The fraction of sp³-hybridized carbons (Fsp3) is 0.263. The summed E-state index contributed by atoms with van der Waals surface area (Å²) in [5, 5.41) is 12.8. The van der Waals surface area contributed by atoms with Crippen LogP contribution in [0, 0.1) is 0 Å². The molecule has 2 aromatic carbocycles. The summed E-state index contributed by atoms with van der Waals surface area (Å²) in [7, 11) is 0. The molecule has 0 aliphatic rings. The van der Waals surface area contributed by atoms with E-state index in [1.165, 1.54) is 0 Å². The molecule has 24 heavy (non-hydrogen) atoms. The highest BCUT2D eigenvalue weighted by atomic mass is 16.5. The van der Waals surface area contributed by atoms with Crippen LogP contribution in [0.1, 0.15) is 42.8 Å². The number of aliphatic hydroxyl groups excluding tert-OH is 1. The normalized spacial score (nSPS) is 12.6. The highest BCUT2D eigenvalue weighted by Crippen LogP contribution is 2.18. The summed E-state index contributed by atoms with van der Waals surface area (Å²) < 4.78 is 4.95. The molecule has 2 N–H and O–H groups in total. The second-order valence-corrected chi connectivity index (χ2v) is 5.39. The van der Waals surface area contributed by atoms with Crippen LogP contribution in [0.3, 0.4) is 0 Å². The maximum atomic E-state index is 11.6. The standard InChI is InChI=1S/C19H22N2O3/c1-4-24-19(23)15-8-10-17(11-9-15)20-14(3)21-18-7-5-6-16(12-18)13(2)22/h5-13,22H,4H2,1-3H3,(H,20,21). The summed E-state index contributed by atoms with van der Waals surface area (Å²) in [6.45, 7) is 5.71. The van der Waals surface area contributed by atoms with Crippen molar-refractivity contribution >= 4 is 23.2 Å². The van der Waals surface area contributed by atoms with Crippen molar-refractivity contribution in [3.05, 3.63) is 59.7 Å². The number of aliphatic imine (C=N–C) groups is 1. The van der Waals surface area contributed by atoms with E-state index in [9.17, 15) is 9.90 Å². The number of carbonyl (C=O) groups excluding carboxylic acids is 1. The minimum atomic E-state index is -0.514. The Balaban J connectivity index is 2.08. The van der Waals surface area contributed by atoms with Gasteiger partial charge in [-0.3, -0.25) is 0 Å². The third kappa shape index (κ3) is 4.93. The molecule has 2 aromatic rings. The Hall–Kier alpha value is -2.66. The second-order valence-electron chi connectivity index (χ2n) is 5.39. The number of hydrogen-bond donors (Lipinski definition) is 2. The summed E-state index contributed by atoms with van der Waals surface area (Å²) in [4.78, 5) is 16.1. The van der Waals surface area contributed by atoms with Crippen LogP contribution in [0.25, 0.3) is 0 Å². The van der Waals surface area contributed by atoms with Gasteiger partial charge in [-0.15, -0.1) is 0 Å². The topological polar surface area (TPSA) is 70.9 Å². The molecule has 0 fully saturated rings. The van der Waals surface area contributed by atoms with E-state index in [1.54, 1.807) is 38.1 Å². The molecule has 1 atom stereocenters. The number of aliphatic hydroxyl groups is 1. The Bertz CT molecular complexity index is 722. The Morgan fingerprint density at radius 3 is 2.58 bits per heavy atom. The summed E-state index contributed by atoms with van der Waals surface area (Å²) in [6, 6.07) is 14.5. The Morgan fingerprint density at radius 2 is 1.96 bits per heavy atom. The Morgan fingerprint density at radius 1 is 1.25 bits per heavy atom. The van der Waals surface area contributed by atoms with Gasteiger partial charge in [-0.2, -0.15) is 0 Å². The first-order chi connectivity index (χ1) is 11.5. The van der Waals surface area contributed by atoms with Crippen LogP contribution in [-0.2, 0) is 4.74 Å². The molecule has 5 nitrogen and oxygen atoms in total. The molecule has 0 amide bonds. The van der Waals surface area contributed by atoms with Gasteiger partial charge in [-0.1, -0.05) is 12.1 Å². The van der Waals surface area contributed by atoms with Crippen LogP contribution < -0.4 is 5.32 Å². The van der Waals surface area contributed by atoms with E-state index in [-0.39, 0.29) is 5.97 Å². The molecular weight excluding hydrogens is 304 g/mol. The monoisotopic (exact) mass is 326 g/mol. The summed E-state index contributed by atoms with van der Waals surface area (Å²) >= 11 is 0. The molecule has 5 heteroatoms. The lowest BCUT2D eigenvalue weighted by molar-refractivity contribution is 0.0526. The zero-order chi connectivity index (χ0) is 17.5. The fourth-order valence-electron chi connectivity index (χ4n) is 2.19. The van der Waals surface area contributed by atoms with Gasteiger partial charge in [0.1, 0.15) is 5.84 Å². The predicted molar refractivity (Wildman–Crippen MR) is 95.9 cm³/mol. The minimum Gasteiger partial charge on any atom is -0.462 e. The summed E-state index contributed by atoms with van der Waals surface area (Å²) in [5.74, 6) is 0.374. The van der Waals surface area contributed by atoms with E-state index < -0.39 is 6.10 Å². The van der Waals surface area contributed by atoms with Gasteiger partial charge in [0.2, 0.25) is 0 Å². The quantitative estimate of drug-likeness (QED) is 0.493. The van der Waals surface area contributed by atoms with E-state index in [1.807, 2.05) is 31.2 Å². The molecule has 0 saturated heterocycles. The summed E-state index contributed by atoms with van der Waals surface area (Å²) in [6.07, 6.45) is -0.514. The van der Waals surface area contributed by atoms with Crippen molar-refractivity contribution in [1.29, 1.82) is 0 Å². The number of anilines is 1. The smallest absolute Gasteiger partial charge is 0.338 e. The molecule has 1 unspecified atom stereocenters. The molecule has 0 aliphatic carbocycles. The van der Waals surface area contributed by atoms with Crippen LogP contribution >= 0.6 is 0 Å². The average molecular weight is 326 g/mol. The number of amidine groups is 1. The molecule has 0 radical (unpaired) electrons. The van der Waals surface area contributed by atoms with Gasteiger partial charge in [0.25, 0.3) is 0 Å². The first kappa shape index (κ1) is 17.7. The van der Waals surface area contributed by atoms with Gasteiger partial charge in [-0.25, -0.2) is 9.79 Å². The zero-order valence-corrected chi connectivity index (χ0v) is 14.1. The SMILES string of the molecule is CCOC(=O)c1ccc(N=C(C)Nc2cccc(C(C)O)c2)cc1. The lowest BCUT2D eigenvalue weighted by atomic mass is 10.1. The molecular formula is C19H22N2O3. The molecule has 0 heterocycles. The lowest BCUT2D eigenvalue weighted by Gasteiger charge is -2.10.